The second kappa shape index (κ2) is 15.4. The first-order chi connectivity index (χ1) is 14.8. The average Bonchev–Trinajstić information content (AvgIpc) is 2.75. The van der Waals surface area contributed by atoms with Gasteiger partial charge in [0.05, 0.1) is 19.0 Å². The number of methoxy groups -OCH3 is 1. The third kappa shape index (κ3) is 11.1. The standard InChI is InChI=1S/C24H41NO5S/c1-4-6-9-12-23(26)22-16-14-21(15-17-22)20-25(31(28,29)19-5-2)18-11-8-7-10-13-24(27)30-3/h14-17,23,26H,4-13,18-20H2,1-3H3. The predicted molar refractivity (Wildman–Crippen MR) is 125 cm³/mol. The normalized spacial score (nSPS) is 12.8. The molecule has 0 heterocycles. The van der Waals surface area contributed by atoms with Crippen LogP contribution in [0.4, 0.5) is 0 Å². The van der Waals surface area contributed by atoms with Crippen molar-refractivity contribution >= 4 is 16.0 Å². The third-order valence-electron chi connectivity index (χ3n) is 5.43. The Balaban J connectivity index is 2.64. The molecule has 0 aliphatic rings. The highest BCUT2D eigenvalue weighted by Crippen LogP contribution is 2.21. The Kier molecular flexibility index (Phi) is 13.7. The van der Waals surface area contributed by atoms with Gasteiger partial charge in [0.1, 0.15) is 0 Å². The van der Waals surface area contributed by atoms with E-state index in [4.69, 9.17) is 0 Å². The molecule has 1 unspecified atom stereocenters. The monoisotopic (exact) mass is 455 g/mol. The zero-order valence-electron chi connectivity index (χ0n) is 19.5. The predicted octanol–water partition coefficient (Wildman–Crippen LogP) is 4.97. The van der Waals surface area contributed by atoms with Crippen molar-refractivity contribution in [2.24, 2.45) is 0 Å². The summed E-state index contributed by atoms with van der Waals surface area (Å²) in [5.74, 6) is -0.0603. The van der Waals surface area contributed by atoms with Gasteiger partial charge in [-0.1, -0.05) is 70.2 Å². The summed E-state index contributed by atoms with van der Waals surface area (Å²) < 4.78 is 31.7. The summed E-state index contributed by atoms with van der Waals surface area (Å²) in [4.78, 5) is 11.2. The molecule has 0 amide bonds. The van der Waals surface area contributed by atoms with Crippen LogP contribution < -0.4 is 0 Å². The fraction of sp³-hybridized carbons (Fsp3) is 0.708. The largest absolute Gasteiger partial charge is 0.469 e. The number of ether oxygens (including phenoxy) is 1. The van der Waals surface area contributed by atoms with Crippen molar-refractivity contribution in [1.82, 2.24) is 4.31 Å². The number of carbonyl (C=O) groups is 1. The lowest BCUT2D eigenvalue weighted by Gasteiger charge is -2.22. The Morgan fingerprint density at radius 2 is 1.68 bits per heavy atom. The van der Waals surface area contributed by atoms with E-state index in [1.165, 1.54) is 7.11 Å². The molecule has 0 saturated carbocycles. The van der Waals surface area contributed by atoms with Gasteiger partial charge in [0.15, 0.2) is 0 Å². The molecule has 1 aromatic rings. The Morgan fingerprint density at radius 1 is 1.00 bits per heavy atom. The van der Waals surface area contributed by atoms with Crippen LogP contribution in [0.3, 0.4) is 0 Å². The number of sulfonamides is 1. The van der Waals surface area contributed by atoms with E-state index < -0.39 is 16.1 Å². The first kappa shape index (κ1) is 27.6. The molecule has 1 atom stereocenters. The molecule has 0 radical (unpaired) electrons. The Bertz CT molecular complexity index is 718. The minimum absolute atomic E-state index is 0.142. The number of aliphatic hydroxyl groups excluding tert-OH is 1. The van der Waals surface area contributed by atoms with Crippen LogP contribution in [-0.2, 0) is 26.1 Å². The summed E-state index contributed by atoms with van der Waals surface area (Å²) in [6, 6.07) is 7.65. The summed E-state index contributed by atoms with van der Waals surface area (Å²) in [5.41, 5.74) is 1.81. The molecule has 0 saturated heterocycles. The number of unbranched alkanes of at least 4 members (excludes halogenated alkanes) is 5. The maximum atomic E-state index is 12.7. The molecule has 0 aromatic heterocycles. The van der Waals surface area contributed by atoms with Crippen LogP contribution in [-0.4, -0.2) is 43.2 Å². The van der Waals surface area contributed by atoms with Crippen molar-refractivity contribution in [3.05, 3.63) is 35.4 Å². The molecule has 0 spiro atoms. The van der Waals surface area contributed by atoms with Gasteiger partial charge in [-0.3, -0.25) is 4.79 Å². The number of carbonyl (C=O) groups excluding carboxylic acids is 1. The molecule has 0 aliphatic carbocycles. The third-order valence-corrected chi connectivity index (χ3v) is 7.45. The van der Waals surface area contributed by atoms with Gasteiger partial charge >= 0.3 is 5.97 Å². The van der Waals surface area contributed by atoms with Gasteiger partial charge in [-0.2, -0.15) is 4.31 Å². The maximum Gasteiger partial charge on any atom is 0.305 e. The van der Waals surface area contributed by atoms with Crippen molar-refractivity contribution in [3.63, 3.8) is 0 Å². The van der Waals surface area contributed by atoms with E-state index >= 15 is 0 Å². The topological polar surface area (TPSA) is 83.9 Å². The molecule has 0 fully saturated rings. The minimum atomic E-state index is -3.31. The van der Waals surface area contributed by atoms with Crippen LogP contribution >= 0.6 is 0 Å². The highest BCUT2D eigenvalue weighted by molar-refractivity contribution is 7.89. The van der Waals surface area contributed by atoms with Crippen LogP contribution in [0.5, 0.6) is 0 Å². The molecule has 1 aromatic carbocycles. The Labute approximate surface area is 189 Å². The van der Waals surface area contributed by atoms with E-state index in [-0.39, 0.29) is 11.7 Å². The van der Waals surface area contributed by atoms with Gasteiger partial charge in [0, 0.05) is 19.5 Å². The highest BCUT2D eigenvalue weighted by Gasteiger charge is 2.21. The van der Waals surface area contributed by atoms with Crippen molar-refractivity contribution in [2.75, 3.05) is 19.4 Å². The van der Waals surface area contributed by atoms with Gasteiger partial charge in [0.25, 0.3) is 0 Å². The SMILES string of the molecule is CCCCCC(O)c1ccc(CN(CCCCCCC(=O)OC)S(=O)(=O)CCC)cc1. The molecule has 0 bridgehead atoms. The van der Waals surface area contributed by atoms with Gasteiger partial charge in [-0.05, 0) is 36.8 Å². The molecule has 178 valence electrons. The van der Waals surface area contributed by atoms with Crippen molar-refractivity contribution in [1.29, 1.82) is 0 Å². The molecular formula is C24H41NO5S. The first-order valence-electron chi connectivity index (χ1n) is 11.7. The summed E-state index contributed by atoms with van der Waals surface area (Å²) in [7, 11) is -1.92. The second-order valence-electron chi connectivity index (χ2n) is 8.14. The maximum absolute atomic E-state index is 12.7. The number of hydrogen-bond donors (Lipinski definition) is 1. The lowest BCUT2D eigenvalue weighted by Crippen LogP contribution is -2.33. The Morgan fingerprint density at radius 3 is 2.29 bits per heavy atom. The van der Waals surface area contributed by atoms with Gasteiger partial charge in [-0.15, -0.1) is 0 Å². The average molecular weight is 456 g/mol. The van der Waals surface area contributed by atoms with Gasteiger partial charge in [0.2, 0.25) is 10.0 Å². The lowest BCUT2D eigenvalue weighted by atomic mass is 10.0. The van der Waals surface area contributed by atoms with E-state index in [0.29, 0.717) is 25.9 Å². The molecule has 31 heavy (non-hydrogen) atoms. The van der Waals surface area contributed by atoms with E-state index in [1.807, 2.05) is 31.2 Å². The molecule has 1 N–H and O–H groups in total. The number of aliphatic hydroxyl groups is 1. The fourth-order valence-corrected chi connectivity index (χ4v) is 5.05. The zero-order chi connectivity index (χ0) is 23.1. The van der Waals surface area contributed by atoms with Crippen molar-refractivity contribution in [2.45, 2.75) is 90.7 Å². The fourth-order valence-electron chi connectivity index (χ4n) is 3.52. The molecular weight excluding hydrogens is 414 g/mol. The molecule has 1 rings (SSSR count). The van der Waals surface area contributed by atoms with Crippen LogP contribution in [0.1, 0.15) is 95.3 Å². The van der Waals surface area contributed by atoms with E-state index in [9.17, 15) is 18.3 Å². The first-order valence-corrected chi connectivity index (χ1v) is 13.3. The lowest BCUT2D eigenvalue weighted by molar-refractivity contribution is -0.140. The van der Waals surface area contributed by atoms with Crippen LogP contribution in [0.25, 0.3) is 0 Å². The van der Waals surface area contributed by atoms with Crippen molar-refractivity contribution < 1.29 is 23.1 Å². The minimum Gasteiger partial charge on any atom is -0.469 e. The van der Waals surface area contributed by atoms with Gasteiger partial charge < -0.3 is 9.84 Å². The smallest absolute Gasteiger partial charge is 0.305 e. The van der Waals surface area contributed by atoms with E-state index in [0.717, 1.165) is 62.5 Å². The summed E-state index contributed by atoms with van der Waals surface area (Å²) in [5, 5.41) is 10.3. The highest BCUT2D eigenvalue weighted by atomic mass is 32.2. The quantitative estimate of drug-likeness (QED) is 0.265. The number of hydrogen-bond acceptors (Lipinski definition) is 5. The number of esters is 1. The second-order valence-corrected chi connectivity index (χ2v) is 10.2. The number of rotatable bonds is 17. The van der Waals surface area contributed by atoms with E-state index in [1.54, 1.807) is 4.31 Å². The van der Waals surface area contributed by atoms with E-state index in [2.05, 4.69) is 11.7 Å². The van der Waals surface area contributed by atoms with Crippen LogP contribution in [0.15, 0.2) is 24.3 Å². The number of benzene rings is 1. The number of nitrogens with zero attached hydrogens (tertiary/aromatic N) is 1. The summed E-state index contributed by atoms with van der Waals surface area (Å²) in [6.45, 7) is 4.83. The van der Waals surface area contributed by atoms with Crippen LogP contribution in [0, 0.1) is 0 Å². The molecule has 0 aliphatic heterocycles. The van der Waals surface area contributed by atoms with Crippen LogP contribution in [0.2, 0.25) is 0 Å². The van der Waals surface area contributed by atoms with Gasteiger partial charge in [-0.25, -0.2) is 8.42 Å². The van der Waals surface area contributed by atoms with Crippen molar-refractivity contribution in [3.8, 4) is 0 Å². The zero-order valence-corrected chi connectivity index (χ0v) is 20.3. The molecule has 7 heteroatoms. The Hall–Kier alpha value is -1.44. The summed E-state index contributed by atoms with van der Waals surface area (Å²) >= 11 is 0. The summed E-state index contributed by atoms with van der Waals surface area (Å²) in [6.07, 6.45) is 7.79. The molecule has 6 nitrogen and oxygen atoms in total.